The lowest BCUT2D eigenvalue weighted by Gasteiger charge is -2.41. The molecule has 3 aromatic rings. The van der Waals surface area contributed by atoms with Gasteiger partial charge in [0.05, 0.1) is 28.8 Å². The van der Waals surface area contributed by atoms with Crippen LogP contribution in [-0.4, -0.2) is 73.1 Å². The van der Waals surface area contributed by atoms with E-state index in [1.807, 2.05) is 6.07 Å². The molecule has 34 heavy (non-hydrogen) atoms. The van der Waals surface area contributed by atoms with Crippen molar-refractivity contribution in [2.75, 3.05) is 31.1 Å². The molecule has 1 aliphatic heterocycles. The lowest BCUT2D eigenvalue weighted by Crippen LogP contribution is -2.51. The molecule has 1 atom stereocenters. The van der Waals surface area contributed by atoms with Crippen molar-refractivity contribution in [3.05, 3.63) is 28.8 Å². The Labute approximate surface area is 204 Å². The van der Waals surface area contributed by atoms with Crippen molar-refractivity contribution >= 4 is 34.1 Å². The smallest absolute Gasteiger partial charge is 0.203 e. The van der Waals surface area contributed by atoms with Crippen molar-refractivity contribution in [3.63, 3.8) is 0 Å². The summed E-state index contributed by atoms with van der Waals surface area (Å²) in [5.41, 5.74) is 2.14. The molecule has 0 radical (unpaired) electrons. The number of H-pyrrole nitrogens is 1. The maximum atomic E-state index is 13.5. The summed E-state index contributed by atoms with van der Waals surface area (Å²) in [5, 5.41) is 13.2. The standard InChI is InChI=1S/C24H33ClN8O/c1-5-32-10-11-33(15(2)14-32)20-13-19-18(12-17(20)25)26-23(27-19)21(34)24(3)8-6-16(7-9-24)22-28-30-31(4)29-22/h12-13,15-16H,5-11,14H2,1-4H3,(H,26,27)/t15-,16?,24?/m1/s1. The Balaban J connectivity index is 1.34. The van der Waals surface area contributed by atoms with Gasteiger partial charge in [-0.2, -0.15) is 4.80 Å². The number of piperazine rings is 1. The Hall–Kier alpha value is -2.52. The molecule has 1 aliphatic carbocycles. The van der Waals surface area contributed by atoms with E-state index in [0.717, 1.165) is 74.4 Å². The Morgan fingerprint density at radius 2 is 2.03 bits per heavy atom. The molecule has 10 heteroatoms. The van der Waals surface area contributed by atoms with Crippen LogP contribution in [0.15, 0.2) is 12.1 Å². The molecular weight excluding hydrogens is 452 g/mol. The Morgan fingerprint density at radius 1 is 1.26 bits per heavy atom. The molecule has 1 aromatic carbocycles. The highest BCUT2D eigenvalue weighted by molar-refractivity contribution is 6.34. The highest BCUT2D eigenvalue weighted by Gasteiger charge is 2.40. The first-order chi connectivity index (χ1) is 16.3. The topological polar surface area (TPSA) is 95.8 Å². The Morgan fingerprint density at radius 3 is 2.68 bits per heavy atom. The number of likely N-dealkylation sites (N-methyl/N-ethyl adjacent to an activating group) is 1. The second kappa shape index (κ2) is 8.92. The molecule has 1 saturated heterocycles. The minimum absolute atomic E-state index is 0.0665. The zero-order valence-corrected chi connectivity index (χ0v) is 21.1. The molecule has 1 N–H and O–H groups in total. The van der Waals surface area contributed by atoms with Gasteiger partial charge < -0.3 is 9.88 Å². The molecule has 9 nitrogen and oxygen atoms in total. The third-order valence-corrected chi connectivity index (χ3v) is 8.06. The summed E-state index contributed by atoms with van der Waals surface area (Å²) in [6.45, 7) is 10.5. The van der Waals surface area contributed by atoms with Gasteiger partial charge in [-0.1, -0.05) is 25.4 Å². The van der Waals surface area contributed by atoms with E-state index in [9.17, 15) is 4.79 Å². The number of aromatic nitrogens is 6. The van der Waals surface area contributed by atoms with Gasteiger partial charge in [-0.15, -0.1) is 10.2 Å². The zero-order valence-electron chi connectivity index (χ0n) is 20.4. The number of anilines is 1. The number of benzene rings is 1. The lowest BCUT2D eigenvalue weighted by atomic mass is 9.69. The maximum absolute atomic E-state index is 13.5. The van der Waals surface area contributed by atoms with E-state index in [1.165, 1.54) is 4.80 Å². The van der Waals surface area contributed by atoms with Crippen LogP contribution in [0.5, 0.6) is 0 Å². The predicted molar refractivity (Wildman–Crippen MR) is 132 cm³/mol. The first-order valence-corrected chi connectivity index (χ1v) is 12.6. The second-order valence-corrected chi connectivity index (χ2v) is 10.6. The van der Waals surface area contributed by atoms with Crippen molar-refractivity contribution in [2.45, 2.75) is 58.4 Å². The van der Waals surface area contributed by atoms with Crippen LogP contribution < -0.4 is 4.90 Å². The van der Waals surface area contributed by atoms with Crippen LogP contribution in [0, 0.1) is 5.41 Å². The minimum atomic E-state index is -0.454. The number of carbonyl (C=O) groups is 1. The highest BCUT2D eigenvalue weighted by atomic mass is 35.5. The van der Waals surface area contributed by atoms with Gasteiger partial charge in [0.25, 0.3) is 0 Å². The number of Topliss-reactive ketones (excluding diaryl/α,β-unsaturated/α-hetero) is 1. The molecule has 2 aromatic heterocycles. The molecule has 0 spiro atoms. The fourth-order valence-corrected chi connectivity index (χ4v) is 5.78. The number of aromatic amines is 1. The lowest BCUT2D eigenvalue weighted by molar-refractivity contribution is 0.0724. The van der Waals surface area contributed by atoms with Crippen LogP contribution in [-0.2, 0) is 7.05 Å². The number of nitrogens with one attached hydrogen (secondary N) is 1. The summed E-state index contributed by atoms with van der Waals surface area (Å²) < 4.78 is 0. The molecule has 0 amide bonds. The number of hydrogen-bond donors (Lipinski definition) is 1. The van der Waals surface area contributed by atoms with Crippen LogP contribution in [0.2, 0.25) is 5.02 Å². The number of imidazole rings is 1. The quantitative estimate of drug-likeness (QED) is 0.550. The van der Waals surface area contributed by atoms with Crippen LogP contribution >= 0.6 is 11.6 Å². The summed E-state index contributed by atoms with van der Waals surface area (Å²) in [5.74, 6) is 1.51. The van der Waals surface area contributed by atoms with Gasteiger partial charge in [-0.3, -0.25) is 9.69 Å². The second-order valence-electron chi connectivity index (χ2n) is 10.1. The number of carbonyl (C=O) groups excluding carboxylic acids is 1. The van der Waals surface area contributed by atoms with Crippen molar-refractivity contribution < 1.29 is 4.79 Å². The van der Waals surface area contributed by atoms with Gasteiger partial charge in [-0.05, 0) is 56.5 Å². The Bertz CT molecular complexity index is 1200. The number of aryl methyl sites for hydroxylation is 1. The summed E-state index contributed by atoms with van der Waals surface area (Å²) in [6.07, 6.45) is 3.28. The van der Waals surface area contributed by atoms with Crippen molar-refractivity contribution in [1.29, 1.82) is 0 Å². The van der Waals surface area contributed by atoms with Crippen LogP contribution in [0.3, 0.4) is 0 Å². The van der Waals surface area contributed by atoms with Crippen molar-refractivity contribution in [2.24, 2.45) is 12.5 Å². The third kappa shape index (κ3) is 4.20. The summed E-state index contributed by atoms with van der Waals surface area (Å²) >= 11 is 6.70. The fraction of sp³-hybridized carbons (Fsp3) is 0.625. The molecule has 2 aliphatic rings. The van der Waals surface area contributed by atoms with Gasteiger partial charge in [-0.25, -0.2) is 4.98 Å². The van der Waals surface area contributed by atoms with E-state index in [1.54, 1.807) is 7.05 Å². The normalized spacial score (nSPS) is 26.3. The Kier molecular flexibility index (Phi) is 6.10. The number of ketones is 1. The van der Waals surface area contributed by atoms with Crippen molar-refractivity contribution in [1.82, 2.24) is 35.1 Å². The van der Waals surface area contributed by atoms with E-state index in [2.05, 4.69) is 62.0 Å². The molecule has 1 saturated carbocycles. The van der Waals surface area contributed by atoms with Crippen molar-refractivity contribution in [3.8, 4) is 0 Å². The van der Waals surface area contributed by atoms with Crippen LogP contribution in [0.1, 0.15) is 68.8 Å². The summed E-state index contributed by atoms with van der Waals surface area (Å²) in [4.78, 5) is 27.8. The molecule has 5 rings (SSSR count). The van der Waals surface area contributed by atoms with E-state index < -0.39 is 5.41 Å². The number of hydrogen-bond acceptors (Lipinski definition) is 7. The fourth-order valence-electron chi connectivity index (χ4n) is 5.51. The van der Waals surface area contributed by atoms with Crippen LogP contribution in [0.4, 0.5) is 5.69 Å². The predicted octanol–water partition coefficient (Wildman–Crippen LogP) is 3.82. The molecule has 0 bridgehead atoms. The summed E-state index contributed by atoms with van der Waals surface area (Å²) in [7, 11) is 1.78. The molecular formula is C24H33ClN8O. The van der Waals surface area contributed by atoms with Crippen LogP contribution in [0.25, 0.3) is 11.0 Å². The van der Waals surface area contributed by atoms with E-state index in [4.69, 9.17) is 11.6 Å². The third-order valence-electron chi connectivity index (χ3n) is 7.76. The largest absolute Gasteiger partial charge is 0.365 e. The van der Waals surface area contributed by atoms with E-state index in [-0.39, 0.29) is 11.7 Å². The molecule has 3 heterocycles. The SMILES string of the molecule is CCN1CCN(c2cc3[nH]c(C(=O)C4(C)CCC(c5nnn(C)n5)CC4)nc3cc2Cl)[C@H](C)C1. The maximum Gasteiger partial charge on any atom is 0.203 e. The number of rotatable bonds is 5. The van der Waals surface area contributed by atoms with E-state index in [0.29, 0.717) is 16.9 Å². The van der Waals surface area contributed by atoms with Gasteiger partial charge in [0.15, 0.2) is 11.6 Å². The first-order valence-electron chi connectivity index (χ1n) is 12.2. The van der Waals surface area contributed by atoms with E-state index >= 15 is 0 Å². The average Bonchev–Trinajstić information content (AvgIpc) is 3.44. The molecule has 2 fully saturated rings. The minimum Gasteiger partial charge on any atom is -0.365 e. The first kappa shape index (κ1) is 23.2. The number of tetrazole rings is 1. The van der Waals surface area contributed by atoms with Gasteiger partial charge >= 0.3 is 0 Å². The summed E-state index contributed by atoms with van der Waals surface area (Å²) in [6, 6.07) is 4.31. The number of nitrogens with zero attached hydrogens (tertiary/aromatic N) is 7. The van der Waals surface area contributed by atoms with Gasteiger partial charge in [0, 0.05) is 37.0 Å². The number of halogens is 1. The van der Waals surface area contributed by atoms with Gasteiger partial charge in [0.2, 0.25) is 5.78 Å². The zero-order chi connectivity index (χ0) is 24.0. The molecule has 0 unspecified atom stereocenters. The van der Waals surface area contributed by atoms with Gasteiger partial charge in [0.1, 0.15) is 0 Å². The monoisotopic (exact) mass is 484 g/mol. The molecule has 182 valence electrons. The highest BCUT2D eigenvalue weighted by Crippen LogP contribution is 2.44. The average molecular weight is 485 g/mol. The number of fused-ring (bicyclic) bond motifs is 1.